The number of anilines is 1. The number of carbonyl (C=O) groups excluding carboxylic acids is 1. The Balaban J connectivity index is 1.72. The Morgan fingerprint density at radius 1 is 1.17 bits per heavy atom. The number of hydrogen-bond donors (Lipinski definition) is 1. The zero-order valence-electron chi connectivity index (χ0n) is 16.8. The Morgan fingerprint density at radius 3 is 2.40 bits per heavy atom. The highest BCUT2D eigenvalue weighted by Gasteiger charge is 2.23. The van der Waals surface area contributed by atoms with Crippen molar-refractivity contribution in [2.75, 3.05) is 31.7 Å². The van der Waals surface area contributed by atoms with Gasteiger partial charge < -0.3 is 9.47 Å². The van der Waals surface area contributed by atoms with Gasteiger partial charge in [-0.3, -0.25) is 9.52 Å². The summed E-state index contributed by atoms with van der Waals surface area (Å²) in [6, 6.07) is 10.6. The molecule has 1 amide bonds. The number of rotatable bonds is 7. The molecule has 2 aromatic carbocycles. The quantitative estimate of drug-likeness (QED) is 0.542. The standard InChI is InChI=1S/C20H22IN3O5S/c1-28-18-10-14(16(21)12-19(18)29-2)11-20(25)24-9-8-17(22-24)13-4-6-15(7-5-13)23-30(3,26)27/h4-7,10,12,23H,8-9,11H2,1-3H3. The third-order valence-electron chi connectivity index (χ3n) is 4.51. The van der Waals surface area contributed by atoms with Crippen molar-refractivity contribution in [3.8, 4) is 11.5 Å². The molecule has 0 fully saturated rings. The van der Waals surface area contributed by atoms with Crippen molar-refractivity contribution >= 4 is 49.9 Å². The number of amides is 1. The van der Waals surface area contributed by atoms with E-state index in [-0.39, 0.29) is 12.3 Å². The summed E-state index contributed by atoms with van der Waals surface area (Å²) in [6.07, 6.45) is 1.94. The maximum atomic E-state index is 12.8. The van der Waals surface area contributed by atoms with Crippen LogP contribution in [0.15, 0.2) is 41.5 Å². The summed E-state index contributed by atoms with van der Waals surface area (Å²) >= 11 is 2.17. The fourth-order valence-corrected chi connectivity index (χ4v) is 4.26. The Kier molecular flexibility index (Phi) is 6.86. The van der Waals surface area contributed by atoms with Gasteiger partial charge in [0, 0.05) is 15.7 Å². The molecule has 1 aliphatic rings. The molecule has 0 aromatic heterocycles. The molecule has 0 aliphatic carbocycles. The fraction of sp³-hybridized carbons (Fsp3) is 0.300. The predicted octanol–water partition coefficient (Wildman–Crippen LogP) is 2.86. The minimum absolute atomic E-state index is 0.106. The number of nitrogens with zero attached hydrogens (tertiary/aromatic N) is 2. The second-order valence-corrected chi connectivity index (χ2v) is 9.65. The molecule has 0 radical (unpaired) electrons. The monoisotopic (exact) mass is 543 g/mol. The van der Waals surface area contributed by atoms with Crippen LogP contribution in [0.4, 0.5) is 5.69 Å². The van der Waals surface area contributed by atoms with Gasteiger partial charge in [0.2, 0.25) is 15.9 Å². The molecule has 0 spiro atoms. The summed E-state index contributed by atoms with van der Waals surface area (Å²) in [5.74, 6) is 1.09. The highest BCUT2D eigenvalue weighted by molar-refractivity contribution is 14.1. The van der Waals surface area contributed by atoms with Gasteiger partial charge in [-0.1, -0.05) is 12.1 Å². The van der Waals surface area contributed by atoms with Crippen LogP contribution in [0, 0.1) is 3.57 Å². The lowest BCUT2D eigenvalue weighted by Gasteiger charge is -2.14. The highest BCUT2D eigenvalue weighted by Crippen LogP contribution is 2.32. The van der Waals surface area contributed by atoms with Crippen LogP contribution in [0.3, 0.4) is 0 Å². The van der Waals surface area contributed by atoms with Crippen molar-refractivity contribution < 1.29 is 22.7 Å². The summed E-state index contributed by atoms with van der Waals surface area (Å²) in [6.45, 7) is 0.501. The first kappa shape index (κ1) is 22.3. The van der Waals surface area contributed by atoms with Gasteiger partial charge in [0.15, 0.2) is 11.5 Å². The fourth-order valence-electron chi connectivity index (χ4n) is 3.07. The summed E-state index contributed by atoms with van der Waals surface area (Å²) in [7, 11) is -0.190. The van der Waals surface area contributed by atoms with Crippen LogP contribution in [-0.2, 0) is 21.2 Å². The van der Waals surface area contributed by atoms with Gasteiger partial charge in [0.05, 0.1) is 39.2 Å². The van der Waals surface area contributed by atoms with E-state index in [0.717, 1.165) is 26.7 Å². The summed E-state index contributed by atoms with van der Waals surface area (Å²) in [5.41, 5.74) is 2.97. The van der Waals surface area contributed by atoms with Gasteiger partial charge in [0.1, 0.15) is 0 Å². The molecule has 8 nitrogen and oxygen atoms in total. The molecule has 10 heteroatoms. The molecule has 1 N–H and O–H groups in total. The van der Waals surface area contributed by atoms with E-state index in [4.69, 9.17) is 9.47 Å². The van der Waals surface area contributed by atoms with Gasteiger partial charge >= 0.3 is 0 Å². The average molecular weight is 543 g/mol. The van der Waals surface area contributed by atoms with E-state index in [2.05, 4.69) is 32.4 Å². The summed E-state index contributed by atoms with van der Waals surface area (Å²) < 4.78 is 36.6. The molecule has 1 aliphatic heterocycles. The molecule has 0 saturated heterocycles. The number of hydrazone groups is 1. The number of benzene rings is 2. The maximum Gasteiger partial charge on any atom is 0.247 e. The van der Waals surface area contributed by atoms with E-state index in [1.54, 1.807) is 38.5 Å². The van der Waals surface area contributed by atoms with Crippen LogP contribution in [-0.4, -0.2) is 52.1 Å². The van der Waals surface area contributed by atoms with E-state index < -0.39 is 10.0 Å². The first-order chi connectivity index (χ1) is 14.2. The van der Waals surface area contributed by atoms with Crippen molar-refractivity contribution in [3.63, 3.8) is 0 Å². The zero-order valence-corrected chi connectivity index (χ0v) is 19.8. The van der Waals surface area contributed by atoms with Crippen LogP contribution >= 0.6 is 22.6 Å². The van der Waals surface area contributed by atoms with Gasteiger partial charge in [-0.25, -0.2) is 13.4 Å². The van der Waals surface area contributed by atoms with Crippen LogP contribution < -0.4 is 14.2 Å². The van der Waals surface area contributed by atoms with Crippen molar-refractivity contribution in [2.45, 2.75) is 12.8 Å². The maximum absolute atomic E-state index is 12.8. The first-order valence-electron chi connectivity index (χ1n) is 9.06. The molecular weight excluding hydrogens is 521 g/mol. The number of halogens is 1. The van der Waals surface area contributed by atoms with Crippen molar-refractivity contribution in [2.24, 2.45) is 5.10 Å². The van der Waals surface area contributed by atoms with E-state index >= 15 is 0 Å². The lowest BCUT2D eigenvalue weighted by molar-refractivity contribution is -0.130. The minimum atomic E-state index is -3.32. The van der Waals surface area contributed by atoms with Crippen molar-refractivity contribution in [1.82, 2.24) is 5.01 Å². The van der Waals surface area contributed by atoms with Crippen LogP contribution in [0.1, 0.15) is 17.5 Å². The molecule has 2 aromatic rings. The van der Waals surface area contributed by atoms with E-state index in [9.17, 15) is 13.2 Å². The van der Waals surface area contributed by atoms with Crippen molar-refractivity contribution in [3.05, 3.63) is 51.1 Å². The lowest BCUT2D eigenvalue weighted by atomic mass is 10.1. The van der Waals surface area contributed by atoms with Gasteiger partial charge in [-0.15, -0.1) is 0 Å². The topological polar surface area (TPSA) is 97.3 Å². The van der Waals surface area contributed by atoms with E-state index in [0.29, 0.717) is 30.2 Å². The number of hydrogen-bond acceptors (Lipinski definition) is 6. The van der Waals surface area contributed by atoms with Gasteiger partial charge in [-0.05, 0) is 58.0 Å². The summed E-state index contributed by atoms with van der Waals surface area (Å²) in [4.78, 5) is 12.8. The second kappa shape index (κ2) is 9.21. The highest BCUT2D eigenvalue weighted by atomic mass is 127. The predicted molar refractivity (Wildman–Crippen MR) is 124 cm³/mol. The second-order valence-electron chi connectivity index (χ2n) is 6.74. The Labute approximate surface area is 189 Å². The molecular formula is C20H22IN3O5S. The van der Waals surface area contributed by atoms with Crippen LogP contribution in [0.2, 0.25) is 0 Å². The third kappa shape index (κ3) is 5.42. The normalized spacial score (nSPS) is 13.7. The average Bonchev–Trinajstić information content (AvgIpc) is 3.19. The lowest BCUT2D eigenvalue weighted by Crippen LogP contribution is -2.25. The van der Waals surface area contributed by atoms with Gasteiger partial charge in [0.25, 0.3) is 0 Å². The summed E-state index contributed by atoms with van der Waals surface area (Å²) in [5, 5.41) is 5.94. The number of methoxy groups -OCH3 is 2. The van der Waals surface area contributed by atoms with E-state index in [1.165, 1.54) is 5.01 Å². The molecule has 160 valence electrons. The first-order valence-corrected chi connectivity index (χ1v) is 12.0. The number of ether oxygens (including phenoxy) is 2. The molecule has 3 rings (SSSR count). The number of nitrogens with one attached hydrogen (secondary N) is 1. The Morgan fingerprint density at radius 2 is 1.80 bits per heavy atom. The smallest absolute Gasteiger partial charge is 0.247 e. The molecule has 0 bridgehead atoms. The number of carbonyl (C=O) groups is 1. The molecule has 0 unspecified atom stereocenters. The third-order valence-corrected chi connectivity index (χ3v) is 6.12. The number of sulfonamides is 1. The largest absolute Gasteiger partial charge is 0.493 e. The molecule has 0 saturated carbocycles. The van der Waals surface area contributed by atoms with Crippen molar-refractivity contribution in [1.29, 1.82) is 0 Å². The van der Waals surface area contributed by atoms with E-state index in [1.807, 2.05) is 12.1 Å². The van der Waals surface area contributed by atoms with Crippen LogP contribution in [0.5, 0.6) is 11.5 Å². The molecule has 30 heavy (non-hydrogen) atoms. The Hall–Kier alpha value is -2.34. The molecule has 0 atom stereocenters. The van der Waals surface area contributed by atoms with Gasteiger partial charge in [-0.2, -0.15) is 5.10 Å². The Bertz CT molecular complexity index is 1080. The van der Waals surface area contributed by atoms with Crippen LogP contribution in [0.25, 0.3) is 0 Å². The minimum Gasteiger partial charge on any atom is -0.493 e. The molecule has 1 heterocycles. The zero-order chi connectivity index (χ0) is 21.9. The SMILES string of the molecule is COc1cc(I)c(CC(=O)N2CCC(c3ccc(NS(C)(=O)=O)cc3)=N2)cc1OC.